The van der Waals surface area contributed by atoms with E-state index in [0.717, 1.165) is 0 Å². The van der Waals surface area contributed by atoms with Crippen LogP contribution in [0.2, 0.25) is 0 Å². The molecule has 2 aromatic rings. The number of benzene rings is 2. The quantitative estimate of drug-likeness (QED) is 0.667. The highest BCUT2D eigenvalue weighted by Gasteiger charge is 2.39. The van der Waals surface area contributed by atoms with Crippen molar-refractivity contribution in [1.82, 2.24) is 10.2 Å². The summed E-state index contributed by atoms with van der Waals surface area (Å²) < 4.78 is 46.4. The first-order valence-electron chi connectivity index (χ1n) is 11.0. The van der Waals surface area contributed by atoms with Crippen molar-refractivity contribution in [3.63, 3.8) is 0 Å². The molecule has 1 amide bonds. The largest absolute Gasteiger partial charge is 0.486 e. The Hall–Kier alpha value is -3.24. The van der Waals surface area contributed by atoms with Gasteiger partial charge in [-0.15, -0.1) is 0 Å². The van der Waals surface area contributed by atoms with Gasteiger partial charge in [0.15, 0.2) is 16.6 Å². The van der Waals surface area contributed by atoms with Crippen molar-refractivity contribution in [3.05, 3.63) is 64.9 Å². The number of halogens is 2. The lowest BCUT2D eigenvalue weighted by molar-refractivity contribution is -0.131. The molecule has 0 aromatic heterocycles. The van der Waals surface area contributed by atoms with E-state index in [0.29, 0.717) is 62.4 Å². The van der Waals surface area contributed by atoms with Crippen LogP contribution in [0.25, 0.3) is 0 Å². The molecule has 178 valence electrons. The number of amides is 1. The maximum Gasteiger partial charge on any atom is 0.254 e. The molecule has 0 bridgehead atoms. The number of hydrogen-bond donors (Lipinski definition) is 1. The summed E-state index contributed by atoms with van der Waals surface area (Å²) in [6.07, 6.45) is 0. The van der Waals surface area contributed by atoms with Crippen LogP contribution in [0.5, 0.6) is 11.5 Å². The SMILES string of the molecule is CC1=C(C(=O)N2CCOCC2)C(c2c(F)cccc2F)NC(=S)N1c1ccc2c(c1)OCCO2. The zero-order chi connectivity index (χ0) is 23.8. The summed E-state index contributed by atoms with van der Waals surface area (Å²) in [5.41, 5.74) is 1.08. The van der Waals surface area contributed by atoms with Gasteiger partial charge >= 0.3 is 0 Å². The molecule has 0 radical (unpaired) electrons. The Labute approximate surface area is 200 Å². The molecule has 3 aliphatic rings. The highest BCUT2D eigenvalue weighted by molar-refractivity contribution is 7.80. The third kappa shape index (κ3) is 3.97. The lowest BCUT2D eigenvalue weighted by atomic mass is 9.92. The molecule has 0 saturated carbocycles. The number of nitrogens with one attached hydrogen (secondary N) is 1. The Morgan fingerprint density at radius 2 is 1.71 bits per heavy atom. The first-order chi connectivity index (χ1) is 16.5. The minimum Gasteiger partial charge on any atom is -0.486 e. The van der Waals surface area contributed by atoms with Crippen molar-refractivity contribution in [2.24, 2.45) is 0 Å². The molecule has 3 heterocycles. The maximum absolute atomic E-state index is 14.8. The van der Waals surface area contributed by atoms with E-state index >= 15 is 0 Å². The molecule has 5 rings (SSSR count). The summed E-state index contributed by atoms with van der Waals surface area (Å²) in [6, 6.07) is 7.88. The molecule has 2 aromatic carbocycles. The Balaban J connectivity index is 1.63. The summed E-state index contributed by atoms with van der Waals surface area (Å²) in [5.74, 6) is -0.668. The number of anilines is 1. The summed E-state index contributed by atoms with van der Waals surface area (Å²) in [5, 5.41) is 3.22. The highest BCUT2D eigenvalue weighted by atomic mass is 32.1. The molecule has 1 unspecified atom stereocenters. The summed E-state index contributed by atoms with van der Waals surface area (Å²) >= 11 is 5.62. The average Bonchev–Trinajstić information content (AvgIpc) is 2.84. The van der Waals surface area contributed by atoms with Gasteiger partial charge in [-0.1, -0.05) is 6.07 Å². The molecule has 0 spiro atoms. The summed E-state index contributed by atoms with van der Waals surface area (Å²) in [6.45, 7) is 4.17. The van der Waals surface area contributed by atoms with Gasteiger partial charge < -0.3 is 24.4 Å². The Bertz CT molecular complexity index is 1160. The smallest absolute Gasteiger partial charge is 0.254 e. The van der Waals surface area contributed by atoms with Crippen LogP contribution in [-0.4, -0.2) is 55.4 Å². The van der Waals surface area contributed by atoms with E-state index < -0.39 is 17.7 Å². The van der Waals surface area contributed by atoms with Crippen LogP contribution >= 0.6 is 12.2 Å². The number of carbonyl (C=O) groups is 1. The minimum absolute atomic E-state index is 0.209. The van der Waals surface area contributed by atoms with Crippen molar-refractivity contribution in [2.75, 3.05) is 44.4 Å². The Kier molecular flexibility index (Phi) is 6.09. The Morgan fingerprint density at radius 3 is 2.41 bits per heavy atom. The van der Waals surface area contributed by atoms with Crippen LogP contribution in [0, 0.1) is 11.6 Å². The van der Waals surface area contributed by atoms with Crippen LogP contribution in [0.3, 0.4) is 0 Å². The van der Waals surface area contributed by atoms with Gasteiger partial charge in [0.05, 0.1) is 36.1 Å². The zero-order valence-electron chi connectivity index (χ0n) is 18.5. The number of fused-ring (bicyclic) bond motifs is 1. The molecular formula is C24H23F2N3O4S. The van der Waals surface area contributed by atoms with Gasteiger partial charge in [-0.05, 0) is 43.4 Å². The maximum atomic E-state index is 14.8. The van der Waals surface area contributed by atoms with Crippen molar-refractivity contribution >= 4 is 28.9 Å². The third-order valence-electron chi connectivity index (χ3n) is 6.09. The second kappa shape index (κ2) is 9.19. The fraction of sp³-hybridized carbons (Fsp3) is 0.333. The first-order valence-corrected chi connectivity index (χ1v) is 11.4. The fourth-order valence-corrected chi connectivity index (χ4v) is 4.80. The van der Waals surface area contributed by atoms with Gasteiger partial charge in [0.1, 0.15) is 24.8 Å². The highest BCUT2D eigenvalue weighted by Crippen LogP contribution is 2.40. The van der Waals surface area contributed by atoms with Crippen molar-refractivity contribution < 1.29 is 27.8 Å². The molecule has 1 saturated heterocycles. The zero-order valence-corrected chi connectivity index (χ0v) is 19.3. The van der Waals surface area contributed by atoms with Gasteiger partial charge in [0.2, 0.25) is 0 Å². The molecular weight excluding hydrogens is 464 g/mol. The third-order valence-corrected chi connectivity index (χ3v) is 6.39. The predicted molar refractivity (Wildman–Crippen MR) is 125 cm³/mol. The normalized spacial score (nSPS) is 20.3. The van der Waals surface area contributed by atoms with Gasteiger partial charge in [-0.25, -0.2) is 8.78 Å². The monoisotopic (exact) mass is 487 g/mol. The summed E-state index contributed by atoms with van der Waals surface area (Å²) in [4.78, 5) is 17.0. The number of thiocarbonyl (C=S) groups is 1. The van der Waals surface area contributed by atoms with Crippen LogP contribution < -0.4 is 19.7 Å². The van der Waals surface area contributed by atoms with Crippen LogP contribution in [0.4, 0.5) is 14.5 Å². The van der Waals surface area contributed by atoms with Gasteiger partial charge in [-0.3, -0.25) is 9.69 Å². The van der Waals surface area contributed by atoms with E-state index in [1.165, 1.54) is 18.2 Å². The number of rotatable bonds is 3. The number of allylic oxidation sites excluding steroid dienone is 1. The van der Waals surface area contributed by atoms with Crippen LogP contribution in [0.1, 0.15) is 18.5 Å². The first kappa shape index (κ1) is 22.5. The van der Waals surface area contributed by atoms with Gasteiger partial charge in [-0.2, -0.15) is 0 Å². The second-order valence-electron chi connectivity index (χ2n) is 8.08. The van der Waals surface area contributed by atoms with Crippen molar-refractivity contribution in [1.29, 1.82) is 0 Å². The molecule has 10 heteroatoms. The van der Waals surface area contributed by atoms with E-state index in [1.807, 2.05) is 0 Å². The number of morpholine rings is 1. The lowest BCUT2D eigenvalue weighted by Gasteiger charge is -2.40. The average molecular weight is 488 g/mol. The number of hydrogen-bond acceptors (Lipinski definition) is 5. The second-order valence-corrected chi connectivity index (χ2v) is 8.47. The lowest BCUT2D eigenvalue weighted by Crippen LogP contribution is -2.51. The molecule has 1 fully saturated rings. The molecule has 7 nitrogen and oxygen atoms in total. The van der Waals surface area contributed by atoms with Crippen molar-refractivity contribution in [3.8, 4) is 11.5 Å². The molecule has 34 heavy (non-hydrogen) atoms. The van der Waals surface area contributed by atoms with Crippen LogP contribution in [0.15, 0.2) is 47.7 Å². The summed E-state index contributed by atoms with van der Waals surface area (Å²) in [7, 11) is 0. The van der Waals surface area contributed by atoms with E-state index in [4.69, 9.17) is 26.4 Å². The van der Waals surface area contributed by atoms with Gasteiger partial charge in [0, 0.05) is 24.9 Å². The molecule has 1 N–H and O–H groups in total. The fourth-order valence-electron chi connectivity index (χ4n) is 4.44. The topological polar surface area (TPSA) is 63.3 Å². The number of nitrogens with zero attached hydrogens (tertiary/aromatic N) is 2. The predicted octanol–water partition coefficient (Wildman–Crippen LogP) is 3.30. The molecule has 3 aliphatic heterocycles. The molecule has 1 atom stereocenters. The number of carbonyl (C=O) groups excluding carboxylic acids is 1. The van der Waals surface area contributed by atoms with Crippen molar-refractivity contribution in [2.45, 2.75) is 13.0 Å². The Morgan fingerprint density at radius 1 is 1.03 bits per heavy atom. The number of ether oxygens (including phenoxy) is 3. The minimum atomic E-state index is -1.09. The van der Waals surface area contributed by atoms with E-state index in [1.54, 1.807) is 34.9 Å². The van der Waals surface area contributed by atoms with Crippen LogP contribution in [-0.2, 0) is 9.53 Å². The van der Waals surface area contributed by atoms with E-state index in [-0.39, 0.29) is 22.2 Å². The standard InChI is InChI=1S/C24H23F2N3O4S/c1-14-20(23(30)28-7-9-31-10-8-28)22(21-16(25)3-2-4-17(21)26)27-24(34)29(14)15-5-6-18-19(13-15)33-12-11-32-18/h2-6,13,22H,7-12H2,1H3,(H,27,34). The van der Waals surface area contributed by atoms with Gasteiger partial charge in [0.25, 0.3) is 5.91 Å². The van der Waals surface area contributed by atoms with E-state index in [2.05, 4.69) is 5.32 Å². The van der Waals surface area contributed by atoms with E-state index in [9.17, 15) is 13.6 Å². The molecule has 0 aliphatic carbocycles.